The van der Waals surface area contributed by atoms with Crippen molar-refractivity contribution >= 4 is 28.5 Å². The second-order valence-electron chi connectivity index (χ2n) is 7.74. The molecule has 0 spiro atoms. The molecule has 4 rings (SSSR count). The Kier molecular flexibility index (Phi) is 7.17. The van der Waals surface area contributed by atoms with Gasteiger partial charge in [-0.25, -0.2) is 9.37 Å². The SMILES string of the molecule is O=C(NCCCCCc1nc2ccccc2n1Cc1ccccc1F)c1ccccc1Cl. The zero-order chi connectivity index (χ0) is 22.3. The minimum atomic E-state index is -0.203. The number of unbranched alkanes of at least 4 members (excludes halogenated alkanes) is 2. The molecule has 0 radical (unpaired) electrons. The van der Waals surface area contributed by atoms with Gasteiger partial charge in [0.15, 0.2) is 0 Å². The highest BCUT2D eigenvalue weighted by molar-refractivity contribution is 6.33. The number of aryl methyl sites for hydroxylation is 1. The molecule has 164 valence electrons. The molecule has 0 saturated carbocycles. The normalized spacial score (nSPS) is 11.1. The van der Waals surface area contributed by atoms with E-state index in [4.69, 9.17) is 16.6 Å². The van der Waals surface area contributed by atoms with Gasteiger partial charge in [-0.1, -0.05) is 60.5 Å². The van der Waals surface area contributed by atoms with Crippen molar-refractivity contribution in [3.63, 3.8) is 0 Å². The monoisotopic (exact) mass is 449 g/mol. The largest absolute Gasteiger partial charge is 0.352 e. The van der Waals surface area contributed by atoms with Crippen LogP contribution in [0.5, 0.6) is 0 Å². The number of hydrogen-bond donors (Lipinski definition) is 1. The van der Waals surface area contributed by atoms with Crippen molar-refractivity contribution in [2.45, 2.75) is 32.2 Å². The van der Waals surface area contributed by atoms with Gasteiger partial charge in [0.25, 0.3) is 5.91 Å². The highest BCUT2D eigenvalue weighted by Crippen LogP contribution is 2.21. The summed E-state index contributed by atoms with van der Waals surface area (Å²) in [6.07, 6.45) is 3.54. The van der Waals surface area contributed by atoms with Crippen LogP contribution in [0.1, 0.15) is 41.0 Å². The number of aromatic nitrogens is 2. The number of carbonyl (C=O) groups is 1. The van der Waals surface area contributed by atoms with Gasteiger partial charge in [0, 0.05) is 18.5 Å². The summed E-state index contributed by atoms with van der Waals surface area (Å²) in [4.78, 5) is 17.0. The molecule has 4 nitrogen and oxygen atoms in total. The van der Waals surface area contributed by atoms with E-state index in [2.05, 4.69) is 9.88 Å². The molecule has 1 heterocycles. The second-order valence-corrected chi connectivity index (χ2v) is 8.15. The number of para-hydroxylation sites is 2. The summed E-state index contributed by atoms with van der Waals surface area (Å²) >= 11 is 6.07. The van der Waals surface area contributed by atoms with Crippen LogP contribution in [0.3, 0.4) is 0 Å². The summed E-state index contributed by atoms with van der Waals surface area (Å²) in [6.45, 7) is 1.05. The van der Waals surface area contributed by atoms with E-state index < -0.39 is 0 Å². The number of amides is 1. The van der Waals surface area contributed by atoms with Crippen molar-refractivity contribution in [2.24, 2.45) is 0 Å². The van der Waals surface area contributed by atoms with Crippen LogP contribution >= 0.6 is 11.6 Å². The quantitative estimate of drug-likeness (QED) is 0.317. The first kappa shape index (κ1) is 22.0. The number of nitrogens with one attached hydrogen (secondary N) is 1. The molecule has 3 aromatic carbocycles. The van der Waals surface area contributed by atoms with Gasteiger partial charge in [0.1, 0.15) is 11.6 Å². The first-order chi connectivity index (χ1) is 15.6. The Morgan fingerprint density at radius 3 is 2.53 bits per heavy atom. The first-order valence-corrected chi connectivity index (χ1v) is 11.2. The van der Waals surface area contributed by atoms with Gasteiger partial charge in [0.05, 0.1) is 28.2 Å². The molecule has 6 heteroatoms. The van der Waals surface area contributed by atoms with Crippen LogP contribution in [0, 0.1) is 5.82 Å². The third-order valence-corrected chi connectivity index (χ3v) is 5.83. The summed E-state index contributed by atoms with van der Waals surface area (Å²) in [5.41, 5.74) is 3.08. The number of benzene rings is 3. The number of carbonyl (C=O) groups excluding carboxylic acids is 1. The van der Waals surface area contributed by atoms with Crippen LogP contribution in [-0.2, 0) is 13.0 Å². The standard InChI is InChI=1S/C26H25ClFN3O/c27-21-12-5-4-11-20(21)26(32)29-17-9-1-2-16-25-30-23-14-7-8-15-24(23)31(25)18-19-10-3-6-13-22(19)28/h3-8,10-15H,1-2,9,16-18H2,(H,29,32). The third-order valence-electron chi connectivity index (χ3n) is 5.50. The van der Waals surface area contributed by atoms with Gasteiger partial charge in [-0.05, 0) is 43.2 Å². The molecule has 0 saturated heterocycles. The zero-order valence-corrected chi connectivity index (χ0v) is 18.5. The lowest BCUT2D eigenvalue weighted by atomic mass is 10.1. The second kappa shape index (κ2) is 10.4. The van der Waals surface area contributed by atoms with Crippen LogP contribution in [0.2, 0.25) is 5.02 Å². The number of hydrogen-bond acceptors (Lipinski definition) is 2. The van der Waals surface area contributed by atoms with Crippen LogP contribution < -0.4 is 5.32 Å². The fourth-order valence-corrected chi connectivity index (χ4v) is 4.04. The van der Waals surface area contributed by atoms with Crippen molar-refractivity contribution in [2.75, 3.05) is 6.54 Å². The molecule has 0 aliphatic rings. The predicted octanol–water partition coefficient (Wildman–Crippen LogP) is 6.02. The molecule has 1 N–H and O–H groups in total. The Morgan fingerprint density at radius 1 is 0.938 bits per heavy atom. The lowest BCUT2D eigenvalue weighted by Gasteiger charge is -2.10. The van der Waals surface area contributed by atoms with Crippen molar-refractivity contribution in [3.8, 4) is 0 Å². The van der Waals surface area contributed by atoms with E-state index in [0.717, 1.165) is 42.5 Å². The maximum Gasteiger partial charge on any atom is 0.252 e. The Hall–Kier alpha value is -3.18. The average Bonchev–Trinajstić information content (AvgIpc) is 3.15. The van der Waals surface area contributed by atoms with Gasteiger partial charge >= 0.3 is 0 Å². The molecule has 0 aliphatic heterocycles. The highest BCUT2D eigenvalue weighted by atomic mass is 35.5. The van der Waals surface area contributed by atoms with Crippen molar-refractivity contribution in [1.29, 1.82) is 0 Å². The third kappa shape index (κ3) is 5.17. The average molecular weight is 450 g/mol. The molecule has 0 fully saturated rings. The van der Waals surface area contributed by atoms with E-state index >= 15 is 0 Å². The molecular weight excluding hydrogens is 425 g/mol. The van der Waals surface area contributed by atoms with Gasteiger partial charge in [-0.2, -0.15) is 0 Å². The van der Waals surface area contributed by atoms with Crippen LogP contribution in [0.25, 0.3) is 11.0 Å². The van der Waals surface area contributed by atoms with E-state index in [0.29, 0.717) is 29.2 Å². The molecule has 4 aromatic rings. The molecular formula is C26H25ClFN3O. The van der Waals surface area contributed by atoms with Crippen LogP contribution in [0.4, 0.5) is 4.39 Å². The van der Waals surface area contributed by atoms with E-state index in [-0.39, 0.29) is 11.7 Å². The Balaban J connectivity index is 1.34. The molecule has 0 unspecified atom stereocenters. The number of imidazole rings is 1. The lowest BCUT2D eigenvalue weighted by Crippen LogP contribution is -2.24. The summed E-state index contributed by atoms with van der Waals surface area (Å²) in [5.74, 6) is 0.599. The van der Waals surface area contributed by atoms with Crippen molar-refractivity contribution in [3.05, 3.63) is 101 Å². The molecule has 1 amide bonds. The molecule has 0 atom stereocenters. The minimum absolute atomic E-state index is 0.151. The highest BCUT2D eigenvalue weighted by Gasteiger charge is 2.13. The molecule has 0 aliphatic carbocycles. The smallest absolute Gasteiger partial charge is 0.252 e. The van der Waals surface area contributed by atoms with Crippen LogP contribution in [-0.4, -0.2) is 22.0 Å². The summed E-state index contributed by atoms with van der Waals surface area (Å²) < 4.78 is 16.3. The fourth-order valence-electron chi connectivity index (χ4n) is 3.82. The topological polar surface area (TPSA) is 46.9 Å². The predicted molar refractivity (Wildman–Crippen MR) is 127 cm³/mol. The van der Waals surface area contributed by atoms with Crippen LogP contribution in [0.15, 0.2) is 72.8 Å². The zero-order valence-electron chi connectivity index (χ0n) is 17.7. The van der Waals surface area contributed by atoms with E-state index in [1.807, 2.05) is 36.4 Å². The Morgan fingerprint density at radius 2 is 1.69 bits per heavy atom. The fraction of sp³-hybridized carbons (Fsp3) is 0.231. The number of nitrogens with zero attached hydrogens (tertiary/aromatic N) is 2. The van der Waals surface area contributed by atoms with E-state index in [9.17, 15) is 9.18 Å². The van der Waals surface area contributed by atoms with Gasteiger partial charge in [0.2, 0.25) is 0 Å². The lowest BCUT2D eigenvalue weighted by molar-refractivity contribution is 0.0953. The maximum absolute atomic E-state index is 14.2. The maximum atomic E-state index is 14.2. The molecule has 32 heavy (non-hydrogen) atoms. The van der Waals surface area contributed by atoms with Gasteiger partial charge < -0.3 is 9.88 Å². The minimum Gasteiger partial charge on any atom is -0.352 e. The van der Waals surface area contributed by atoms with Crippen molar-refractivity contribution < 1.29 is 9.18 Å². The van der Waals surface area contributed by atoms with Gasteiger partial charge in [-0.15, -0.1) is 0 Å². The first-order valence-electron chi connectivity index (χ1n) is 10.8. The van der Waals surface area contributed by atoms with E-state index in [1.54, 1.807) is 30.3 Å². The summed E-state index contributed by atoms with van der Waals surface area (Å²) in [7, 11) is 0. The summed E-state index contributed by atoms with van der Waals surface area (Å²) in [5, 5.41) is 3.38. The van der Waals surface area contributed by atoms with E-state index in [1.165, 1.54) is 6.07 Å². The molecule has 0 bridgehead atoms. The number of halogens is 2. The number of rotatable bonds is 9. The van der Waals surface area contributed by atoms with Crippen molar-refractivity contribution in [1.82, 2.24) is 14.9 Å². The Bertz CT molecular complexity index is 1220. The van der Waals surface area contributed by atoms with Gasteiger partial charge in [-0.3, -0.25) is 4.79 Å². The number of fused-ring (bicyclic) bond motifs is 1. The Labute approximate surface area is 192 Å². The summed E-state index contributed by atoms with van der Waals surface area (Å²) in [6, 6.07) is 21.9. The molecule has 1 aromatic heterocycles.